The monoisotopic (exact) mass is 343 g/mol. The molecule has 0 radical (unpaired) electrons. The van der Waals surface area contributed by atoms with Gasteiger partial charge in [0, 0.05) is 5.56 Å². The summed E-state index contributed by atoms with van der Waals surface area (Å²) in [6.07, 6.45) is 5.90. The minimum absolute atomic E-state index is 0.121. The molecular formula is C20H22FNO3. The number of hydrogen-bond acceptors (Lipinski definition) is 4. The first kappa shape index (κ1) is 16.5. The van der Waals surface area contributed by atoms with Crippen LogP contribution in [0.2, 0.25) is 0 Å². The summed E-state index contributed by atoms with van der Waals surface area (Å²) in [5.74, 6) is 0.190. The maximum atomic E-state index is 13.9. The van der Waals surface area contributed by atoms with Gasteiger partial charge in [-0.3, -0.25) is 4.79 Å². The fraction of sp³-hybridized carbons (Fsp3) is 0.600. The summed E-state index contributed by atoms with van der Waals surface area (Å²) in [4.78, 5) is 12.4. The van der Waals surface area contributed by atoms with Crippen LogP contribution in [0.1, 0.15) is 56.1 Å². The van der Waals surface area contributed by atoms with E-state index in [9.17, 15) is 14.3 Å². The maximum Gasteiger partial charge on any atom is 0.306 e. The first-order valence-electron chi connectivity index (χ1n) is 8.95. The Labute approximate surface area is 146 Å². The Hall–Kier alpha value is -1.93. The molecule has 25 heavy (non-hydrogen) atoms. The molecule has 0 aliphatic heterocycles. The summed E-state index contributed by atoms with van der Waals surface area (Å²) in [7, 11) is 0. The van der Waals surface area contributed by atoms with E-state index < -0.39 is 11.4 Å². The van der Waals surface area contributed by atoms with Crippen molar-refractivity contribution in [2.45, 2.75) is 57.2 Å². The molecule has 4 bridgehead atoms. The fourth-order valence-corrected chi connectivity index (χ4v) is 5.86. The van der Waals surface area contributed by atoms with E-state index in [4.69, 9.17) is 10.00 Å². The lowest BCUT2D eigenvalue weighted by Crippen LogP contribution is -2.56. The van der Waals surface area contributed by atoms with Gasteiger partial charge in [-0.25, -0.2) is 4.39 Å². The second kappa shape index (κ2) is 5.81. The second-order valence-corrected chi connectivity index (χ2v) is 8.44. The van der Waals surface area contributed by atoms with Crippen molar-refractivity contribution in [3.8, 4) is 6.07 Å². The van der Waals surface area contributed by atoms with Gasteiger partial charge in [0.2, 0.25) is 0 Å². The minimum atomic E-state index is -0.594. The molecule has 0 aromatic heterocycles. The molecule has 0 saturated heterocycles. The van der Waals surface area contributed by atoms with Crippen molar-refractivity contribution in [2.24, 2.45) is 17.3 Å². The Morgan fingerprint density at radius 3 is 2.64 bits per heavy atom. The predicted octanol–water partition coefficient (Wildman–Crippen LogP) is 3.46. The van der Waals surface area contributed by atoms with Gasteiger partial charge in [-0.05, 0) is 67.9 Å². The van der Waals surface area contributed by atoms with Crippen molar-refractivity contribution in [1.82, 2.24) is 0 Å². The van der Waals surface area contributed by atoms with Gasteiger partial charge in [0.15, 0.2) is 0 Å². The SMILES string of the molecule is N#Cc1ccc(COC(=O)CC23C[C@H]4C[C@@H](CC(O)(C4)C2)C3)c(F)c1. The van der Waals surface area contributed by atoms with Gasteiger partial charge in [-0.2, -0.15) is 5.26 Å². The summed E-state index contributed by atoms with van der Waals surface area (Å²) in [5, 5.41) is 19.5. The Balaban J connectivity index is 1.39. The summed E-state index contributed by atoms with van der Waals surface area (Å²) in [6, 6.07) is 6.02. The van der Waals surface area contributed by atoms with Gasteiger partial charge >= 0.3 is 5.97 Å². The highest BCUT2D eigenvalue weighted by Crippen LogP contribution is 2.62. The second-order valence-electron chi connectivity index (χ2n) is 8.44. The molecule has 0 spiro atoms. The number of rotatable bonds is 4. The van der Waals surface area contributed by atoms with Crippen LogP contribution < -0.4 is 0 Å². The van der Waals surface area contributed by atoms with E-state index in [1.807, 2.05) is 6.07 Å². The van der Waals surface area contributed by atoms with Crippen molar-refractivity contribution >= 4 is 5.97 Å². The molecule has 4 aliphatic carbocycles. The van der Waals surface area contributed by atoms with Crippen LogP contribution in [-0.4, -0.2) is 16.7 Å². The van der Waals surface area contributed by atoms with Crippen molar-refractivity contribution in [3.63, 3.8) is 0 Å². The van der Waals surface area contributed by atoms with Crippen LogP contribution in [-0.2, 0) is 16.1 Å². The van der Waals surface area contributed by atoms with Gasteiger partial charge in [-0.15, -0.1) is 0 Å². The molecule has 0 unspecified atom stereocenters. The number of esters is 1. The van der Waals surface area contributed by atoms with Crippen LogP contribution in [0.5, 0.6) is 0 Å². The van der Waals surface area contributed by atoms with Gasteiger partial charge in [0.1, 0.15) is 12.4 Å². The van der Waals surface area contributed by atoms with Crippen LogP contribution in [0.15, 0.2) is 18.2 Å². The third-order valence-corrected chi connectivity index (χ3v) is 6.24. The predicted molar refractivity (Wildman–Crippen MR) is 87.6 cm³/mol. The van der Waals surface area contributed by atoms with Gasteiger partial charge in [0.25, 0.3) is 0 Å². The lowest BCUT2D eigenvalue weighted by atomic mass is 9.47. The molecule has 4 fully saturated rings. The van der Waals surface area contributed by atoms with E-state index in [1.165, 1.54) is 18.6 Å². The molecule has 4 aliphatic rings. The number of aliphatic hydroxyl groups is 1. The lowest BCUT2D eigenvalue weighted by molar-refractivity contribution is -0.177. The third-order valence-electron chi connectivity index (χ3n) is 6.24. The molecule has 4 saturated carbocycles. The molecule has 1 N–H and O–H groups in total. The molecule has 0 heterocycles. The van der Waals surface area contributed by atoms with E-state index in [2.05, 4.69) is 0 Å². The largest absolute Gasteiger partial charge is 0.461 e. The Morgan fingerprint density at radius 1 is 1.32 bits per heavy atom. The number of nitriles is 1. The molecule has 1 aromatic rings. The quantitative estimate of drug-likeness (QED) is 0.850. The lowest BCUT2D eigenvalue weighted by Gasteiger charge is -2.60. The van der Waals surface area contributed by atoms with Gasteiger partial charge in [-0.1, -0.05) is 6.07 Å². The first-order chi connectivity index (χ1) is 11.9. The van der Waals surface area contributed by atoms with E-state index >= 15 is 0 Å². The van der Waals surface area contributed by atoms with Crippen LogP contribution in [0.3, 0.4) is 0 Å². The van der Waals surface area contributed by atoms with Gasteiger partial charge < -0.3 is 9.84 Å². The Morgan fingerprint density at radius 2 is 2.04 bits per heavy atom. The van der Waals surface area contributed by atoms with E-state index in [1.54, 1.807) is 0 Å². The van der Waals surface area contributed by atoms with E-state index in [-0.39, 0.29) is 29.1 Å². The van der Waals surface area contributed by atoms with Crippen LogP contribution in [0.25, 0.3) is 0 Å². The van der Waals surface area contributed by atoms with Gasteiger partial charge in [0.05, 0.1) is 23.7 Å². The summed E-state index contributed by atoms with van der Waals surface area (Å²) in [5.41, 5.74) is -0.214. The number of nitrogens with zero attached hydrogens (tertiary/aromatic N) is 1. The van der Waals surface area contributed by atoms with Crippen LogP contribution >= 0.6 is 0 Å². The molecule has 4 nitrogen and oxygen atoms in total. The fourth-order valence-electron chi connectivity index (χ4n) is 5.86. The smallest absolute Gasteiger partial charge is 0.306 e. The number of carbonyl (C=O) groups is 1. The van der Waals surface area contributed by atoms with Crippen LogP contribution in [0, 0.1) is 34.4 Å². The van der Waals surface area contributed by atoms with Crippen molar-refractivity contribution in [1.29, 1.82) is 5.26 Å². The zero-order valence-electron chi connectivity index (χ0n) is 14.1. The normalized spacial score (nSPS) is 35.4. The number of hydrogen-bond donors (Lipinski definition) is 1. The average Bonchev–Trinajstić information content (AvgIpc) is 2.50. The highest BCUT2D eigenvalue weighted by Gasteiger charge is 2.57. The molecule has 5 heteroatoms. The topological polar surface area (TPSA) is 70.3 Å². The van der Waals surface area contributed by atoms with E-state index in [0.29, 0.717) is 24.7 Å². The molecular weight excluding hydrogens is 321 g/mol. The summed E-state index contributed by atoms with van der Waals surface area (Å²) in [6.45, 7) is -0.121. The standard InChI is InChI=1S/C20H22FNO3/c21-17-4-13(10-22)1-2-16(17)11-25-18(23)9-19-5-14-3-15(6-19)8-20(24,7-14)12-19/h1-2,4,14-15,24H,3,5-9,11-12H2/t14-,15-,19?,20?/m1/s1. The zero-order chi connectivity index (χ0) is 17.7. The Bertz CT molecular complexity index is 740. The Kier molecular flexibility index (Phi) is 3.84. The zero-order valence-corrected chi connectivity index (χ0v) is 14.1. The number of ether oxygens (including phenoxy) is 1. The maximum absolute atomic E-state index is 13.9. The highest BCUT2D eigenvalue weighted by atomic mass is 19.1. The minimum Gasteiger partial charge on any atom is -0.461 e. The van der Waals surface area contributed by atoms with Crippen molar-refractivity contribution < 1.29 is 19.0 Å². The molecule has 0 amide bonds. The molecule has 2 atom stereocenters. The first-order valence-corrected chi connectivity index (χ1v) is 8.95. The highest BCUT2D eigenvalue weighted by molar-refractivity contribution is 5.70. The van der Waals surface area contributed by atoms with Crippen LogP contribution in [0.4, 0.5) is 4.39 Å². The average molecular weight is 343 g/mol. The number of benzene rings is 1. The number of carbonyl (C=O) groups excluding carboxylic acids is 1. The van der Waals surface area contributed by atoms with Crippen molar-refractivity contribution in [2.75, 3.05) is 0 Å². The number of halogens is 1. The molecule has 1 aromatic carbocycles. The molecule has 5 rings (SSSR count). The van der Waals surface area contributed by atoms with Crippen molar-refractivity contribution in [3.05, 3.63) is 35.1 Å². The third kappa shape index (κ3) is 3.16. The summed E-state index contributed by atoms with van der Waals surface area (Å²) < 4.78 is 19.2. The summed E-state index contributed by atoms with van der Waals surface area (Å²) >= 11 is 0. The molecule has 132 valence electrons. The van der Waals surface area contributed by atoms with E-state index in [0.717, 1.165) is 31.7 Å².